The molecular formula is C22H27N5O4S. The highest BCUT2D eigenvalue weighted by Crippen LogP contribution is 2.23. The molecule has 2 heterocycles. The fourth-order valence-corrected chi connectivity index (χ4v) is 3.98. The molecule has 0 saturated carbocycles. The minimum atomic E-state index is -0.707. The van der Waals surface area contributed by atoms with Gasteiger partial charge in [0.25, 0.3) is 10.8 Å². The third kappa shape index (κ3) is 5.18. The van der Waals surface area contributed by atoms with Crippen molar-refractivity contribution < 1.29 is 9.21 Å². The monoisotopic (exact) mass is 457 g/mol. The van der Waals surface area contributed by atoms with Crippen molar-refractivity contribution >= 4 is 23.4 Å². The number of carbonyl (C=O) groups is 1. The number of aromatic nitrogens is 4. The fourth-order valence-electron chi connectivity index (χ4n) is 3.33. The highest BCUT2D eigenvalue weighted by molar-refractivity contribution is 7.99. The fraction of sp³-hybridized carbons (Fsp3) is 0.409. The van der Waals surface area contributed by atoms with E-state index in [0.29, 0.717) is 18.9 Å². The number of Topliss-reactive ketones (excluding diaryl/α,β-unsaturated/α-hetero) is 1. The van der Waals surface area contributed by atoms with Crippen LogP contribution in [0, 0.1) is 5.92 Å². The molecule has 0 radical (unpaired) electrons. The van der Waals surface area contributed by atoms with Gasteiger partial charge in [-0.05, 0) is 17.4 Å². The van der Waals surface area contributed by atoms with Crippen LogP contribution >= 0.6 is 11.8 Å². The minimum Gasteiger partial charge on any atom is -0.416 e. The quantitative estimate of drug-likeness (QED) is 0.384. The summed E-state index contributed by atoms with van der Waals surface area (Å²) in [6.45, 7) is 6.21. The lowest BCUT2D eigenvalue weighted by atomic mass is 9.98. The molecule has 0 spiro atoms. The van der Waals surface area contributed by atoms with E-state index in [2.05, 4.69) is 17.1 Å². The Bertz CT molecular complexity index is 1210. The number of nitrogens with zero attached hydrogens (tertiary/aromatic N) is 4. The van der Waals surface area contributed by atoms with Crippen LogP contribution in [0.2, 0.25) is 0 Å². The second kappa shape index (κ2) is 9.99. The summed E-state index contributed by atoms with van der Waals surface area (Å²) >= 11 is 1.03. The van der Waals surface area contributed by atoms with Crippen molar-refractivity contribution in [3.05, 3.63) is 68.2 Å². The number of thioether (sulfide) groups is 1. The van der Waals surface area contributed by atoms with Gasteiger partial charge in [-0.1, -0.05) is 62.9 Å². The topological polar surface area (TPSA) is 126 Å². The lowest BCUT2D eigenvalue weighted by Gasteiger charge is -2.15. The highest BCUT2D eigenvalue weighted by Gasteiger charge is 2.23. The Morgan fingerprint density at radius 3 is 2.50 bits per heavy atom. The predicted molar refractivity (Wildman–Crippen MR) is 123 cm³/mol. The average Bonchev–Trinajstić information content (AvgIpc) is 3.21. The van der Waals surface area contributed by atoms with E-state index in [4.69, 9.17) is 10.2 Å². The molecule has 10 heteroatoms. The molecule has 170 valence electrons. The number of hydrogen-bond acceptors (Lipinski definition) is 8. The van der Waals surface area contributed by atoms with Crippen LogP contribution in [0.15, 0.2) is 49.6 Å². The van der Waals surface area contributed by atoms with Crippen molar-refractivity contribution in [1.29, 1.82) is 0 Å². The van der Waals surface area contributed by atoms with E-state index >= 15 is 0 Å². The Balaban J connectivity index is 1.72. The molecule has 3 rings (SSSR count). The van der Waals surface area contributed by atoms with Gasteiger partial charge in [-0.3, -0.25) is 18.7 Å². The molecule has 32 heavy (non-hydrogen) atoms. The van der Waals surface area contributed by atoms with Crippen LogP contribution in [0.4, 0.5) is 5.82 Å². The first-order chi connectivity index (χ1) is 15.2. The van der Waals surface area contributed by atoms with Gasteiger partial charge in [0.05, 0.1) is 5.75 Å². The Kier molecular flexibility index (Phi) is 7.34. The number of nitrogens with two attached hydrogens (primary N) is 1. The lowest BCUT2D eigenvalue weighted by Crippen LogP contribution is -2.43. The lowest BCUT2D eigenvalue weighted by molar-refractivity contribution is 0.102. The van der Waals surface area contributed by atoms with Gasteiger partial charge >= 0.3 is 5.69 Å². The molecular weight excluding hydrogens is 430 g/mol. The van der Waals surface area contributed by atoms with Crippen LogP contribution in [0.1, 0.15) is 48.5 Å². The molecule has 1 atom stereocenters. The van der Waals surface area contributed by atoms with Crippen LogP contribution < -0.4 is 17.0 Å². The second-order valence-electron chi connectivity index (χ2n) is 8.10. The summed E-state index contributed by atoms with van der Waals surface area (Å²) in [6.07, 6.45) is 0.569. The molecule has 1 aromatic carbocycles. The molecule has 0 aliphatic rings. The number of anilines is 1. The van der Waals surface area contributed by atoms with Crippen LogP contribution in [0.25, 0.3) is 0 Å². The molecule has 2 aromatic heterocycles. The molecule has 0 fully saturated rings. The number of ketones is 1. The maximum absolute atomic E-state index is 12.8. The van der Waals surface area contributed by atoms with E-state index in [9.17, 15) is 14.4 Å². The second-order valence-corrected chi connectivity index (χ2v) is 9.03. The smallest absolute Gasteiger partial charge is 0.332 e. The number of hydrogen-bond donors (Lipinski definition) is 1. The predicted octanol–water partition coefficient (Wildman–Crippen LogP) is 2.49. The van der Waals surface area contributed by atoms with Crippen molar-refractivity contribution in [1.82, 2.24) is 19.3 Å². The summed E-state index contributed by atoms with van der Waals surface area (Å²) in [5.41, 5.74) is 5.77. The largest absolute Gasteiger partial charge is 0.416 e. The van der Waals surface area contributed by atoms with Crippen LogP contribution in [0.5, 0.6) is 0 Å². The molecule has 9 nitrogen and oxygen atoms in total. The molecule has 0 aliphatic carbocycles. The third-order valence-corrected chi connectivity index (χ3v) is 5.85. The zero-order valence-corrected chi connectivity index (χ0v) is 19.4. The van der Waals surface area contributed by atoms with E-state index < -0.39 is 17.0 Å². The van der Waals surface area contributed by atoms with Gasteiger partial charge < -0.3 is 10.2 Å². The van der Waals surface area contributed by atoms with Gasteiger partial charge in [0, 0.05) is 20.0 Å². The number of benzene rings is 1. The van der Waals surface area contributed by atoms with Crippen LogP contribution in [-0.2, 0) is 20.0 Å². The summed E-state index contributed by atoms with van der Waals surface area (Å²) in [4.78, 5) is 37.8. The van der Waals surface area contributed by atoms with E-state index in [1.54, 1.807) is 0 Å². The maximum atomic E-state index is 12.8. The Labute approximate surface area is 189 Å². The van der Waals surface area contributed by atoms with E-state index in [0.717, 1.165) is 21.9 Å². The first-order valence-electron chi connectivity index (χ1n) is 10.3. The number of rotatable bonds is 9. The van der Waals surface area contributed by atoms with Gasteiger partial charge in [-0.2, -0.15) is 0 Å². The molecule has 0 bridgehead atoms. The average molecular weight is 458 g/mol. The maximum Gasteiger partial charge on any atom is 0.332 e. The zero-order valence-electron chi connectivity index (χ0n) is 18.6. The van der Waals surface area contributed by atoms with Gasteiger partial charge in [0.15, 0.2) is 5.78 Å². The molecule has 0 saturated heterocycles. The number of carbonyl (C=O) groups excluding carboxylic acids is 1. The van der Waals surface area contributed by atoms with Crippen molar-refractivity contribution in [2.45, 2.75) is 44.9 Å². The Morgan fingerprint density at radius 2 is 1.84 bits per heavy atom. The van der Waals surface area contributed by atoms with Gasteiger partial charge in [-0.25, -0.2) is 4.79 Å². The van der Waals surface area contributed by atoms with Gasteiger partial charge in [0.1, 0.15) is 11.4 Å². The van der Waals surface area contributed by atoms with E-state index in [-0.39, 0.29) is 34.2 Å². The summed E-state index contributed by atoms with van der Waals surface area (Å²) < 4.78 is 7.83. The summed E-state index contributed by atoms with van der Waals surface area (Å²) in [7, 11) is 1.34. The standard InChI is InChI=1S/C22H27N5O4S/c1-13(2)11-27-19(23)18(20(29)26(4)22(27)30)16(28)12-32-21-25-24-17(31-21)10-14(3)15-8-6-5-7-9-15/h5-9,13-14H,10-12,23H2,1-4H3. The highest BCUT2D eigenvalue weighted by atomic mass is 32.2. The van der Waals surface area contributed by atoms with E-state index in [1.165, 1.54) is 11.6 Å². The molecule has 1 unspecified atom stereocenters. The van der Waals surface area contributed by atoms with E-state index in [1.807, 2.05) is 44.2 Å². The summed E-state index contributed by atoms with van der Waals surface area (Å²) in [5.74, 6) is 0.0521. The molecule has 2 N–H and O–H groups in total. The first kappa shape index (κ1) is 23.5. The SMILES string of the molecule is CC(C)Cn1c(N)c(C(=O)CSc2nnc(CC(C)c3ccccc3)o2)c(=O)n(C)c1=O. The third-order valence-electron chi connectivity index (χ3n) is 5.03. The summed E-state index contributed by atoms with van der Waals surface area (Å²) in [6, 6.07) is 10.0. The Morgan fingerprint density at radius 1 is 1.16 bits per heavy atom. The van der Waals surface area contributed by atoms with Crippen LogP contribution in [0.3, 0.4) is 0 Å². The molecule has 3 aromatic rings. The molecule has 0 aliphatic heterocycles. The van der Waals surface area contributed by atoms with Gasteiger partial charge in [0.2, 0.25) is 5.89 Å². The van der Waals surface area contributed by atoms with Crippen molar-refractivity contribution in [2.24, 2.45) is 13.0 Å². The number of nitrogen functional groups attached to an aromatic ring is 1. The van der Waals surface area contributed by atoms with Crippen molar-refractivity contribution in [3.63, 3.8) is 0 Å². The van der Waals surface area contributed by atoms with Crippen molar-refractivity contribution in [2.75, 3.05) is 11.5 Å². The Hall–Kier alpha value is -3.14. The normalized spacial score (nSPS) is 12.3. The van der Waals surface area contributed by atoms with Crippen molar-refractivity contribution in [3.8, 4) is 0 Å². The van der Waals surface area contributed by atoms with Crippen LogP contribution in [-0.4, -0.2) is 30.9 Å². The molecule has 0 amide bonds. The van der Waals surface area contributed by atoms with Gasteiger partial charge in [-0.15, -0.1) is 10.2 Å². The zero-order chi connectivity index (χ0) is 23.4. The summed E-state index contributed by atoms with van der Waals surface area (Å²) in [5, 5.41) is 8.28. The minimum absolute atomic E-state index is 0.111. The first-order valence-corrected chi connectivity index (χ1v) is 11.3.